The first kappa shape index (κ1) is 12.3. The first-order chi connectivity index (χ1) is 9.04. The fraction of sp³-hybridized carbons (Fsp3) is 0. The molecule has 19 heavy (non-hydrogen) atoms. The molecule has 0 aliphatic carbocycles. The summed E-state index contributed by atoms with van der Waals surface area (Å²) in [5, 5.41) is 0.625. The molecule has 0 saturated carbocycles. The van der Waals surface area contributed by atoms with Gasteiger partial charge >= 0.3 is 0 Å². The summed E-state index contributed by atoms with van der Waals surface area (Å²) in [6.07, 6.45) is 0. The molecule has 6 heteroatoms. The van der Waals surface area contributed by atoms with E-state index in [1.54, 1.807) is 18.2 Å². The number of halogens is 3. The fourth-order valence-corrected chi connectivity index (χ4v) is 2.12. The van der Waals surface area contributed by atoms with Gasteiger partial charge in [-0.3, -0.25) is 0 Å². The Morgan fingerprint density at radius 1 is 1.11 bits per heavy atom. The third-order valence-corrected chi connectivity index (χ3v) is 3.28. The van der Waals surface area contributed by atoms with Crippen LogP contribution in [-0.2, 0) is 0 Å². The zero-order valence-corrected chi connectivity index (χ0v) is 11.0. The van der Waals surface area contributed by atoms with E-state index < -0.39 is 5.82 Å². The topological polar surface area (TPSA) is 52.0 Å². The number of anilines is 1. The molecule has 0 aliphatic heterocycles. The Morgan fingerprint density at radius 2 is 1.89 bits per heavy atom. The molecular weight excluding hydrogens is 290 g/mol. The van der Waals surface area contributed by atoms with Gasteiger partial charge in [0, 0.05) is 11.6 Å². The number of benzene rings is 2. The molecule has 0 bridgehead atoms. The van der Waals surface area contributed by atoms with Crippen molar-refractivity contribution in [3.8, 4) is 11.5 Å². The van der Waals surface area contributed by atoms with Crippen molar-refractivity contribution < 1.29 is 8.81 Å². The molecule has 0 unspecified atom stereocenters. The molecule has 1 heterocycles. The summed E-state index contributed by atoms with van der Waals surface area (Å²) >= 11 is 11.7. The maximum absolute atomic E-state index is 13.2. The highest BCUT2D eigenvalue weighted by molar-refractivity contribution is 6.34. The lowest BCUT2D eigenvalue weighted by atomic mass is 10.2. The van der Waals surface area contributed by atoms with E-state index in [-0.39, 0.29) is 5.02 Å². The number of rotatable bonds is 1. The Labute approximate surface area is 117 Å². The van der Waals surface area contributed by atoms with Crippen LogP contribution in [0.15, 0.2) is 34.7 Å². The molecule has 3 rings (SSSR count). The van der Waals surface area contributed by atoms with E-state index in [2.05, 4.69) is 4.98 Å². The van der Waals surface area contributed by atoms with E-state index in [4.69, 9.17) is 33.4 Å². The van der Waals surface area contributed by atoms with Gasteiger partial charge in [0.05, 0.1) is 15.7 Å². The van der Waals surface area contributed by atoms with Crippen LogP contribution >= 0.6 is 23.2 Å². The summed E-state index contributed by atoms with van der Waals surface area (Å²) in [5.74, 6) is -0.154. The minimum Gasteiger partial charge on any atom is -0.435 e. The Bertz CT molecular complexity index is 786. The predicted molar refractivity (Wildman–Crippen MR) is 73.8 cm³/mol. The summed E-state index contributed by atoms with van der Waals surface area (Å²) < 4.78 is 18.7. The first-order valence-electron chi connectivity index (χ1n) is 5.35. The van der Waals surface area contributed by atoms with Gasteiger partial charge in [0.15, 0.2) is 5.58 Å². The summed E-state index contributed by atoms with van der Waals surface area (Å²) in [7, 11) is 0. The number of fused-ring (bicyclic) bond motifs is 1. The molecule has 2 aromatic carbocycles. The first-order valence-corrected chi connectivity index (χ1v) is 6.11. The quantitative estimate of drug-likeness (QED) is 0.672. The largest absolute Gasteiger partial charge is 0.435 e. The van der Waals surface area contributed by atoms with Gasteiger partial charge in [-0.1, -0.05) is 23.2 Å². The van der Waals surface area contributed by atoms with Gasteiger partial charge in [-0.05, 0) is 24.3 Å². The number of nitrogens with zero attached hydrogens (tertiary/aromatic N) is 1. The average Bonchev–Trinajstić information content (AvgIpc) is 2.76. The zero-order valence-electron chi connectivity index (χ0n) is 9.45. The third kappa shape index (κ3) is 2.13. The van der Waals surface area contributed by atoms with E-state index >= 15 is 0 Å². The minimum absolute atomic E-state index is 0.177. The Kier molecular flexibility index (Phi) is 2.84. The van der Waals surface area contributed by atoms with Crippen LogP contribution in [0.5, 0.6) is 0 Å². The van der Waals surface area contributed by atoms with Gasteiger partial charge in [-0.2, -0.15) is 0 Å². The Hall–Kier alpha value is -1.78. The van der Waals surface area contributed by atoms with Crippen molar-refractivity contribution in [2.45, 2.75) is 0 Å². The molecule has 0 saturated heterocycles. The lowest BCUT2D eigenvalue weighted by molar-refractivity contribution is 0.614. The van der Waals surface area contributed by atoms with Crippen LogP contribution in [0, 0.1) is 5.82 Å². The van der Waals surface area contributed by atoms with Crippen molar-refractivity contribution >= 4 is 40.0 Å². The lowest BCUT2D eigenvalue weighted by Gasteiger charge is -1.99. The zero-order chi connectivity index (χ0) is 13.6. The van der Waals surface area contributed by atoms with Crippen LogP contribution in [0.2, 0.25) is 10.0 Å². The third-order valence-electron chi connectivity index (χ3n) is 2.65. The number of aromatic nitrogens is 1. The lowest BCUT2D eigenvalue weighted by Crippen LogP contribution is -1.87. The molecule has 96 valence electrons. The van der Waals surface area contributed by atoms with E-state index in [9.17, 15) is 4.39 Å². The van der Waals surface area contributed by atoms with Gasteiger partial charge in [-0.15, -0.1) is 0 Å². The Morgan fingerprint density at radius 3 is 2.63 bits per heavy atom. The molecule has 3 aromatic rings. The molecule has 0 fully saturated rings. The maximum Gasteiger partial charge on any atom is 0.227 e. The van der Waals surface area contributed by atoms with Gasteiger partial charge in [0.25, 0.3) is 0 Å². The molecule has 0 amide bonds. The SMILES string of the molecule is Nc1cc(-c2nc3cc(F)cc(Cl)c3o2)ccc1Cl. The molecule has 0 atom stereocenters. The maximum atomic E-state index is 13.2. The molecule has 0 aliphatic rings. The normalized spacial score (nSPS) is 11.1. The highest BCUT2D eigenvalue weighted by Gasteiger charge is 2.13. The molecule has 1 aromatic heterocycles. The highest BCUT2D eigenvalue weighted by Crippen LogP contribution is 2.32. The number of hydrogen-bond donors (Lipinski definition) is 1. The smallest absolute Gasteiger partial charge is 0.227 e. The van der Waals surface area contributed by atoms with Crippen LogP contribution in [0.1, 0.15) is 0 Å². The monoisotopic (exact) mass is 296 g/mol. The van der Waals surface area contributed by atoms with E-state index in [1.165, 1.54) is 12.1 Å². The van der Waals surface area contributed by atoms with Crippen molar-refractivity contribution in [2.24, 2.45) is 0 Å². The standard InChI is InChI=1S/C13H7Cl2FN2O/c14-8-2-1-6(3-10(8)17)13-18-11-5-7(16)4-9(15)12(11)19-13/h1-5H,17H2. The van der Waals surface area contributed by atoms with Crippen molar-refractivity contribution in [1.82, 2.24) is 4.98 Å². The van der Waals surface area contributed by atoms with Crippen molar-refractivity contribution in [3.05, 3.63) is 46.2 Å². The van der Waals surface area contributed by atoms with Gasteiger partial charge in [0.2, 0.25) is 5.89 Å². The summed E-state index contributed by atoms with van der Waals surface area (Å²) in [6, 6.07) is 7.43. The van der Waals surface area contributed by atoms with Crippen LogP contribution in [0.4, 0.5) is 10.1 Å². The van der Waals surface area contributed by atoms with E-state index in [1.807, 2.05) is 0 Å². The summed E-state index contributed by atoms with van der Waals surface area (Å²) in [6.45, 7) is 0. The highest BCUT2D eigenvalue weighted by atomic mass is 35.5. The predicted octanol–water partition coefficient (Wildman–Crippen LogP) is 4.52. The summed E-state index contributed by atoms with van der Waals surface area (Å²) in [4.78, 5) is 4.19. The molecule has 0 radical (unpaired) electrons. The van der Waals surface area contributed by atoms with Crippen molar-refractivity contribution in [2.75, 3.05) is 5.73 Å². The molecule has 2 N–H and O–H groups in total. The van der Waals surface area contributed by atoms with Crippen molar-refractivity contribution in [3.63, 3.8) is 0 Å². The molecular formula is C13H7Cl2FN2O. The van der Waals surface area contributed by atoms with Crippen LogP contribution in [0.25, 0.3) is 22.6 Å². The second kappa shape index (κ2) is 4.40. The molecule has 0 spiro atoms. The number of hydrogen-bond acceptors (Lipinski definition) is 3. The number of nitrogens with two attached hydrogens (primary N) is 1. The van der Waals surface area contributed by atoms with E-state index in [0.717, 1.165) is 0 Å². The second-order valence-corrected chi connectivity index (χ2v) is 4.81. The minimum atomic E-state index is -0.465. The van der Waals surface area contributed by atoms with Crippen LogP contribution in [-0.4, -0.2) is 4.98 Å². The van der Waals surface area contributed by atoms with Gasteiger partial charge in [-0.25, -0.2) is 9.37 Å². The van der Waals surface area contributed by atoms with Gasteiger partial charge in [0.1, 0.15) is 11.3 Å². The van der Waals surface area contributed by atoms with Crippen molar-refractivity contribution in [1.29, 1.82) is 0 Å². The number of nitrogen functional groups attached to an aromatic ring is 1. The van der Waals surface area contributed by atoms with Crippen LogP contribution < -0.4 is 5.73 Å². The Balaban J connectivity index is 2.20. The molecule has 3 nitrogen and oxygen atoms in total. The van der Waals surface area contributed by atoms with E-state index in [0.29, 0.717) is 33.3 Å². The average molecular weight is 297 g/mol. The number of oxazole rings is 1. The summed E-state index contributed by atoms with van der Waals surface area (Å²) in [5.41, 5.74) is 7.48. The second-order valence-electron chi connectivity index (χ2n) is 3.99. The van der Waals surface area contributed by atoms with Gasteiger partial charge < -0.3 is 10.2 Å². The fourth-order valence-electron chi connectivity index (χ4n) is 1.76. The van der Waals surface area contributed by atoms with Crippen LogP contribution in [0.3, 0.4) is 0 Å².